The van der Waals surface area contributed by atoms with Crippen LogP contribution in [0.3, 0.4) is 0 Å². The van der Waals surface area contributed by atoms with Gasteiger partial charge in [0.05, 0.1) is 6.33 Å². The van der Waals surface area contributed by atoms with Crippen molar-refractivity contribution in [1.82, 2.24) is 14.9 Å². The number of nitrogens with zero attached hydrogens (tertiary/aromatic N) is 2. The van der Waals surface area contributed by atoms with Gasteiger partial charge in [-0.1, -0.05) is 19.3 Å². The van der Waals surface area contributed by atoms with E-state index in [1.165, 1.54) is 57.2 Å². The van der Waals surface area contributed by atoms with E-state index in [0.717, 1.165) is 0 Å². The second kappa shape index (κ2) is 4.45. The molecule has 2 heterocycles. The average molecular weight is 233 g/mol. The summed E-state index contributed by atoms with van der Waals surface area (Å²) < 4.78 is 2.39. The minimum Gasteiger partial charge on any atom is -0.332 e. The lowest BCUT2D eigenvalue weighted by atomic mass is 9.75. The number of hydrogen-bond donors (Lipinski definition) is 1. The molecule has 1 saturated heterocycles. The van der Waals surface area contributed by atoms with E-state index in [1.807, 2.05) is 12.5 Å². The van der Waals surface area contributed by atoms with E-state index in [2.05, 4.69) is 21.8 Å². The molecule has 1 N–H and O–H groups in total. The van der Waals surface area contributed by atoms with Gasteiger partial charge in [0.2, 0.25) is 0 Å². The number of hydrogen-bond acceptors (Lipinski definition) is 2. The first-order valence-electron chi connectivity index (χ1n) is 7.03. The van der Waals surface area contributed by atoms with Crippen LogP contribution in [0.5, 0.6) is 0 Å². The molecule has 17 heavy (non-hydrogen) atoms. The lowest BCUT2D eigenvalue weighted by Gasteiger charge is -2.45. The van der Waals surface area contributed by atoms with Crippen LogP contribution < -0.4 is 5.32 Å². The van der Waals surface area contributed by atoms with Crippen LogP contribution in [0.4, 0.5) is 0 Å². The normalized spacial score (nSPS) is 28.4. The van der Waals surface area contributed by atoms with Crippen molar-refractivity contribution >= 4 is 0 Å². The van der Waals surface area contributed by atoms with E-state index < -0.39 is 0 Å². The van der Waals surface area contributed by atoms with Crippen LogP contribution >= 0.6 is 0 Å². The maximum atomic E-state index is 4.27. The molecule has 0 amide bonds. The Morgan fingerprint density at radius 3 is 2.88 bits per heavy atom. The van der Waals surface area contributed by atoms with Crippen LogP contribution in [0.2, 0.25) is 0 Å². The minimum absolute atomic E-state index is 0.442. The van der Waals surface area contributed by atoms with Crippen LogP contribution in [-0.4, -0.2) is 21.6 Å². The zero-order valence-corrected chi connectivity index (χ0v) is 10.8. The molecule has 1 aliphatic heterocycles. The highest BCUT2D eigenvalue weighted by atomic mass is 15.1. The highest BCUT2D eigenvalue weighted by molar-refractivity contribution is 5.02. The zero-order chi connectivity index (χ0) is 11.7. The van der Waals surface area contributed by atoms with Crippen molar-refractivity contribution in [3.05, 3.63) is 18.2 Å². The number of piperidine rings is 1. The first-order valence-corrected chi connectivity index (χ1v) is 7.03. The topological polar surface area (TPSA) is 29.9 Å². The van der Waals surface area contributed by atoms with Crippen molar-refractivity contribution in [3.63, 3.8) is 0 Å². The minimum atomic E-state index is 0.442. The summed E-state index contributed by atoms with van der Waals surface area (Å²) in [5, 5.41) is 3.81. The molecule has 94 valence electrons. The SMILES string of the molecule is Cc1cncn1C1CCNC2(CCCCC2)C1. The molecule has 2 aliphatic rings. The monoisotopic (exact) mass is 233 g/mol. The maximum absolute atomic E-state index is 4.27. The molecule has 1 saturated carbocycles. The molecule has 1 aliphatic carbocycles. The third kappa shape index (κ3) is 2.13. The molecule has 0 aromatic carbocycles. The summed E-state index contributed by atoms with van der Waals surface area (Å²) in [5.74, 6) is 0. The summed E-state index contributed by atoms with van der Waals surface area (Å²) in [4.78, 5) is 4.27. The molecular weight excluding hydrogens is 210 g/mol. The van der Waals surface area contributed by atoms with Crippen LogP contribution in [0.1, 0.15) is 56.7 Å². The van der Waals surface area contributed by atoms with Crippen molar-refractivity contribution in [2.45, 2.75) is 63.5 Å². The molecule has 3 nitrogen and oxygen atoms in total. The van der Waals surface area contributed by atoms with Gasteiger partial charge in [-0.2, -0.15) is 0 Å². The third-order valence-corrected chi connectivity index (χ3v) is 4.67. The van der Waals surface area contributed by atoms with Gasteiger partial charge in [0.25, 0.3) is 0 Å². The van der Waals surface area contributed by atoms with Gasteiger partial charge >= 0.3 is 0 Å². The van der Waals surface area contributed by atoms with Gasteiger partial charge in [-0.05, 0) is 39.2 Å². The summed E-state index contributed by atoms with van der Waals surface area (Å²) >= 11 is 0. The van der Waals surface area contributed by atoms with E-state index in [4.69, 9.17) is 0 Å². The van der Waals surface area contributed by atoms with E-state index in [9.17, 15) is 0 Å². The van der Waals surface area contributed by atoms with Gasteiger partial charge < -0.3 is 9.88 Å². The van der Waals surface area contributed by atoms with Gasteiger partial charge in [-0.3, -0.25) is 0 Å². The molecule has 2 fully saturated rings. The molecule has 1 aromatic heterocycles. The van der Waals surface area contributed by atoms with Crippen LogP contribution in [0, 0.1) is 6.92 Å². The Bertz CT molecular complexity index is 371. The van der Waals surface area contributed by atoms with E-state index in [0.29, 0.717) is 11.6 Å². The van der Waals surface area contributed by atoms with Crippen molar-refractivity contribution < 1.29 is 0 Å². The molecule has 1 aromatic rings. The Morgan fingerprint density at radius 2 is 2.18 bits per heavy atom. The molecule has 3 heteroatoms. The number of aryl methyl sites for hydroxylation is 1. The van der Waals surface area contributed by atoms with Crippen LogP contribution in [0.25, 0.3) is 0 Å². The number of imidazole rings is 1. The van der Waals surface area contributed by atoms with Gasteiger partial charge in [0.1, 0.15) is 0 Å². The molecule has 0 bridgehead atoms. The molecular formula is C14H23N3. The Hall–Kier alpha value is -0.830. The third-order valence-electron chi connectivity index (χ3n) is 4.67. The fourth-order valence-electron chi connectivity index (χ4n) is 3.73. The lowest BCUT2D eigenvalue weighted by Crippen LogP contribution is -2.52. The summed E-state index contributed by atoms with van der Waals surface area (Å²) in [5.41, 5.74) is 1.75. The zero-order valence-electron chi connectivity index (χ0n) is 10.8. The number of nitrogens with one attached hydrogen (secondary N) is 1. The lowest BCUT2D eigenvalue weighted by molar-refractivity contribution is 0.145. The van der Waals surface area contributed by atoms with Gasteiger partial charge in [0.15, 0.2) is 0 Å². The maximum Gasteiger partial charge on any atom is 0.0950 e. The Morgan fingerprint density at radius 1 is 1.35 bits per heavy atom. The second-order valence-corrected chi connectivity index (χ2v) is 5.86. The predicted octanol–water partition coefficient (Wildman–Crippen LogP) is 2.82. The molecule has 1 spiro atoms. The Kier molecular flexibility index (Phi) is 2.95. The van der Waals surface area contributed by atoms with Gasteiger partial charge in [0, 0.05) is 23.5 Å². The predicted molar refractivity (Wildman–Crippen MR) is 69.1 cm³/mol. The molecule has 1 unspecified atom stereocenters. The van der Waals surface area contributed by atoms with E-state index in [-0.39, 0.29) is 0 Å². The summed E-state index contributed by atoms with van der Waals surface area (Å²) in [6.45, 7) is 3.34. The first-order chi connectivity index (χ1) is 8.29. The summed E-state index contributed by atoms with van der Waals surface area (Å²) in [7, 11) is 0. The standard InChI is InChI=1S/C14H23N3/c1-12-10-15-11-17(12)13-5-8-16-14(9-13)6-3-2-4-7-14/h10-11,13,16H,2-9H2,1H3. The fourth-order valence-corrected chi connectivity index (χ4v) is 3.73. The highest BCUT2D eigenvalue weighted by Gasteiger charge is 2.37. The quantitative estimate of drug-likeness (QED) is 0.808. The largest absolute Gasteiger partial charge is 0.332 e. The fraction of sp³-hybridized carbons (Fsp3) is 0.786. The van der Waals surface area contributed by atoms with Crippen LogP contribution in [-0.2, 0) is 0 Å². The number of aromatic nitrogens is 2. The summed E-state index contributed by atoms with van der Waals surface area (Å²) in [6.07, 6.45) is 13.5. The molecule has 0 radical (unpaired) electrons. The van der Waals surface area contributed by atoms with Gasteiger partial charge in [-0.25, -0.2) is 4.98 Å². The van der Waals surface area contributed by atoms with E-state index in [1.54, 1.807) is 0 Å². The van der Waals surface area contributed by atoms with Crippen molar-refractivity contribution in [2.24, 2.45) is 0 Å². The van der Waals surface area contributed by atoms with Crippen LogP contribution in [0.15, 0.2) is 12.5 Å². The Balaban J connectivity index is 1.77. The smallest absolute Gasteiger partial charge is 0.0950 e. The first kappa shape index (κ1) is 11.3. The van der Waals surface area contributed by atoms with E-state index >= 15 is 0 Å². The second-order valence-electron chi connectivity index (χ2n) is 5.86. The average Bonchev–Trinajstić information content (AvgIpc) is 2.77. The summed E-state index contributed by atoms with van der Waals surface area (Å²) in [6, 6.07) is 0.664. The van der Waals surface area contributed by atoms with Crippen molar-refractivity contribution in [3.8, 4) is 0 Å². The Labute approximate surface area is 104 Å². The highest BCUT2D eigenvalue weighted by Crippen LogP contribution is 2.38. The number of rotatable bonds is 1. The molecule has 1 atom stereocenters. The van der Waals surface area contributed by atoms with Gasteiger partial charge in [-0.15, -0.1) is 0 Å². The van der Waals surface area contributed by atoms with Crippen molar-refractivity contribution in [2.75, 3.05) is 6.54 Å². The molecule has 3 rings (SSSR count). The van der Waals surface area contributed by atoms with Crippen molar-refractivity contribution in [1.29, 1.82) is 0 Å².